The second kappa shape index (κ2) is 5.85. The Balaban J connectivity index is 1.79. The highest BCUT2D eigenvalue weighted by Gasteiger charge is 2.34. The summed E-state index contributed by atoms with van der Waals surface area (Å²) in [5.74, 6) is 0.946. The fourth-order valence-electron chi connectivity index (χ4n) is 2.93. The minimum Gasteiger partial charge on any atom is -0.381 e. The standard InChI is InChI=1S/C14H25NO2/c1-3-8-15(12-5-6-12)14(16)10-11-4-7-13(9-11)17-2/h11-13H,3-10H2,1-2H3. The molecule has 98 valence electrons. The molecule has 17 heavy (non-hydrogen) atoms. The van der Waals surface area contributed by atoms with Gasteiger partial charge in [0, 0.05) is 26.1 Å². The van der Waals surface area contributed by atoms with E-state index in [9.17, 15) is 4.79 Å². The molecule has 2 unspecified atom stereocenters. The second-order valence-corrected chi connectivity index (χ2v) is 5.56. The van der Waals surface area contributed by atoms with Gasteiger partial charge in [-0.2, -0.15) is 0 Å². The Morgan fingerprint density at radius 1 is 1.29 bits per heavy atom. The van der Waals surface area contributed by atoms with Gasteiger partial charge in [0.25, 0.3) is 0 Å². The van der Waals surface area contributed by atoms with Crippen molar-refractivity contribution in [2.45, 2.75) is 64.0 Å². The van der Waals surface area contributed by atoms with Gasteiger partial charge in [-0.3, -0.25) is 4.79 Å². The van der Waals surface area contributed by atoms with Crippen molar-refractivity contribution in [3.05, 3.63) is 0 Å². The third kappa shape index (κ3) is 3.44. The summed E-state index contributed by atoms with van der Waals surface area (Å²) in [5, 5.41) is 0. The van der Waals surface area contributed by atoms with E-state index in [0.29, 0.717) is 24.0 Å². The second-order valence-electron chi connectivity index (χ2n) is 5.56. The summed E-state index contributed by atoms with van der Waals surface area (Å²) in [6.07, 6.45) is 8.03. The first-order valence-corrected chi connectivity index (χ1v) is 7.06. The molecule has 0 aromatic rings. The smallest absolute Gasteiger partial charge is 0.223 e. The highest BCUT2D eigenvalue weighted by molar-refractivity contribution is 5.77. The minimum atomic E-state index is 0.385. The van der Waals surface area contributed by atoms with Crippen molar-refractivity contribution in [3.8, 4) is 0 Å². The molecule has 0 N–H and O–H groups in total. The van der Waals surface area contributed by atoms with Gasteiger partial charge in [0.05, 0.1) is 6.10 Å². The van der Waals surface area contributed by atoms with Crippen LogP contribution in [0, 0.1) is 5.92 Å². The maximum Gasteiger partial charge on any atom is 0.223 e. The number of hydrogen-bond donors (Lipinski definition) is 0. The summed E-state index contributed by atoms with van der Waals surface area (Å²) in [6, 6.07) is 0.571. The zero-order valence-corrected chi connectivity index (χ0v) is 11.2. The predicted molar refractivity (Wildman–Crippen MR) is 67.8 cm³/mol. The van der Waals surface area contributed by atoms with Crippen LogP contribution in [0.4, 0.5) is 0 Å². The van der Waals surface area contributed by atoms with Crippen LogP contribution in [-0.4, -0.2) is 36.6 Å². The number of nitrogens with zero attached hydrogens (tertiary/aromatic N) is 1. The molecule has 0 heterocycles. The van der Waals surface area contributed by atoms with E-state index in [1.165, 1.54) is 12.8 Å². The highest BCUT2D eigenvalue weighted by atomic mass is 16.5. The van der Waals surface area contributed by atoms with Crippen LogP contribution < -0.4 is 0 Å². The topological polar surface area (TPSA) is 29.5 Å². The van der Waals surface area contributed by atoms with Gasteiger partial charge in [-0.25, -0.2) is 0 Å². The Kier molecular flexibility index (Phi) is 4.43. The lowest BCUT2D eigenvalue weighted by Crippen LogP contribution is -2.34. The first-order valence-electron chi connectivity index (χ1n) is 7.06. The molecule has 3 heteroatoms. The maximum absolute atomic E-state index is 12.3. The van der Waals surface area contributed by atoms with Gasteiger partial charge in [0.2, 0.25) is 5.91 Å². The molecule has 3 nitrogen and oxygen atoms in total. The first-order chi connectivity index (χ1) is 8.24. The number of carbonyl (C=O) groups excluding carboxylic acids is 1. The molecule has 2 saturated carbocycles. The highest BCUT2D eigenvalue weighted by Crippen LogP contribution is 2.33. The predicted octanol–water partition coefficient (Wildman–Crippen LogP) is 2.59. The van der Waals surface area contributed by atoms with Gasteiger partial charge in [0.15, 0.2) is 0 Å². The number of amides is 1. The molecule has 2 fully saturated rings. The summed E-state index contributed by atoms with van der Waals surface area (Å²) >= 11 is 0. The lowest BCUT2D eigenvalue weighted by molar-refractivity contribution is -0.132. The van der Waals surface area contributed by atoms with Crippen LogP contribution in [0.15, 0.2) is 0 Å². The van der Waals surface area contributed by atoms with E-state index in [4.69, 9.17) is 4.74 Å². The molecule has 0 spiro atoms. The number of methoxy groups -OCH3 is 1. The van der Waals surface area contributed by atoms with E-state index in [2.05, 4.69) is 11.8 Å². The maximum atomic E-state index is 12.3. The molecule has 0 aliphatic heterocycles. The summed E-state index contributed by atoms with van der Waals surface area (Å²) in [4.78, 5) is 14.4. The van der Waals surface area contributed by atoms with Gasteiger partial charge < -0.3 is 9.64 Å². The van der Waals surface area contributed by atoms with Gasteiger partial charge in [-0.15, -0.1) is 0 Å². The fraction of sp³-hybridized carbons (Fsp3) is 0.929. The number of ether oxygens (including phenoxy) is 1. The largest absolute Gasteiger partial charge is 0.381 e. The SMILES string of the molecule is CCCN(C(=O)CC1CCC(OC)C1)C1CC1. The van der Waals surface area contributed by atoms with Gasteiger partial charge >= 0.3 is 0 Å². The molecule has 2 rings (SSSR count). The molecule has 0 radical (unpaired) electrons. The zero-order chi connectivity index (χ0) is 12.3. The normalized spacial score (nSPS) is 28.4. The Morgan fingerprint density at radius 2 is 2.06 bits per heavy atom. The molecule has 0 aromatic carbocycles. The molecule has 0 saturated heterocycles. The molecule has 0 aromatic heterocycles. The fourth-order valence-corrected chi connectivity index (χ4v) is 2.93. The Bertz CT molecular complexity index is 263. The van der Waals surface area contributed by atoms with Crippen LogP contribution in [0.3, 0.4) is 0 Å². The first kappa shape index (κ1) is 12.9. The number of carbonyl (C=O) groups is 1. The van der Waals surface area contributed by atoms with Crippen molar-refractivity contribution in [3.63, 3.8) is 0 Å². The summed E-state index contributed by atoms with van der Waals surface area (Å²) in [5.41, 5.74) is 0. The monoisotopic (exact) mass is 239 g/mol. The van der Waals surface area contributed by atoms with Crippen molar-refractivity contribution in [2.24, 2.45) is 5.92 Å². The lowest BCUT2D eigenvalue weighted by atomic mass is 10.0. The van der Waals surface area contributed by atoms with Crippen LogP contribution in [-0.2, 0) is 9.53 Å². The molecule has 2 atom stereocenters. The van der Waals surface area contributed by atoms with Crippen LogP contribution in [0.2, 0.25) is 0 Å². The van der Waals surface area contributed by atoms with Crippen molar-refractivity contribution < 1.29 is 9.53 Å². The summed E-state index contributed by atoms with van der Waals surface area (Å²) in [6.45, 7) is 3.10. The lowest BCUT2D eigenvalue weighted by Gasteiger charge is -2.23. The van der Waals surface area contributed by atoms with Crippen LogP contribution >= 0.6 is 0 Å². The number of rotatable bonds is 6. The van der Waals surface area contributed by atoms with E-state index in [0.717, 1.165) is 38.6 Å². The van der Waals surface area contributed by atoms with E-state index in [-0.39, 0.29) is 0 Å². The molecular formula is C14H25NO2. The van der Waals surface area contributed by atoms with E-state index < -0.39 is 0 Å². The average molecular weight is 239 g/mol. The van der Waals surface area contributed by atoms with E-state index >= 15 is 0 Å². The zero-order valence-electron chi connectivity index (χ0n) is 11.2. The van der Waals surface area contributed by atoms with Crippen molar-refractivity contribution in [2.75, 3.05) is 13.7 Å². The van der Waals surface area contributed by atoms with Crippen molar-refractivity contribution in [1.29, 1.82) is 0 Å². The third-order valence-electron chi connectivity index (χ3n) is 4.06. The average Bonchev–Trinajstić information content (AvgIpc) is 3.06. The van der Waals surface area contributed by atoms with Crippen LogP contribution in [0.5, 0.6) is 0 Å². The number of hydrogen-bond acceptors (Lipinski definition) is 2. The molecule has 2 aliphatic carbocycles. The van der Waals surface area contributed by atoms with Crippen LogP contribution in [0.25, 0.3) is 0 Å². The molecular weight excluding hydrogens is 214 g/mol. The summed E-state index contributed by atoms with van der Waals surface area (Å²) < 4.78 is 5.37. The quantitative estimate of drug-likeness (QED) is 0.713. The van der Waals surface area contributed by atoms with E-state index in [1.54, 1.807) is 7.11 Å². The van der Waals surface area contributed by atoms with Gasteiger partial charge in [0.1, 0.15) is 0 Å². The van der Waals surface area contributed by atoms with E-state index in [1.807, 2.05) is 0 Å². The van der Waals surface area contributed by atoms with Crippen molar-refractivity contribution in [1.82, 2.24) is 4.90 Å². The molecule has 0 bridgehead atoms. The summed E-state index contributed by atoms with van der Waals surface area (Å²) in [7, 11) is 1.78. The van der Waals surface area contributed by atoms with Gasteiger partial charge in [-0.05, 0) is 44.4 Å². The van der Waals surface area contributed by atoms with Crippen LogP contribution in [0.1, 0.15) is 51.9 Å². The van der Waals surface area contributed by atoms with Gasteiger partial charge in [-0.1, -0.05) is 6.92 Å². The third-order valence-corrected chi connectivity index (χ3v) is 4.06. The molecule has 1 amide bonds. The Morgan fingerprint density at radius 3 is 2.59 bits per heavy atom. The molecule has 2 aliphatic rings. The minimum absolute atomic E-state index is 0.385. The van der Waals surface area contributed by atoms with Crippen molar-refractivity contribution >= 4 is 5.91 Å². The Hall–Kier alpha value is -0.570. The Labute approximate surface area is 105 Å².